The summed E-state index contributed by atoms with van der Waals surface area (Å²) in [6.07, 6.45) is -2.49. The standard InChI is InChI=1S/C8H7Br2F2N/c1-4-2-5(10)7(8(11)12)6(3-9)13-4/h2,8H,3H2,1H3. The number of pyridine rings is 1. The monoisotopic (exact) mass is 313 g/mol. The molecule has 0 fully saturated rings. The predicted molar refractivity (Wildman–Crippen MR) is 54.3 cm³/mol. The molecule has 72 valence electrons. The highest BCUT2D eigenvalue weighted by Gasteiger charge is 2.17. The maximum absolute atomic E-state index is 12.5. The zero-order chi connectivity index (χ0) is 10.0. The van der Waals surface area contributed by atoms with Gasteiger partial charge in [-0.15, -0.1) is 0 Å². The molecule has 5 heteroatoms. The first-order valence-electron chi connectivity index (χ1n) is 3.56. The number of alkyl halides is 3. The summed E-state index contributed by atoms with van der Waals surface area (Å²) in [5.41, 5.74) is 1.09. The van der Waals surface area contributed by atoms with Crippen LogP contribution >= 0.6 is 31.9 Å². The minimum Gasteiger partial charge on any atom is -0.257 e. The molecule has 0 spiro atoms. The van der Waals surface area contributed by atoms with Crippen LogP contribution in [0.2, 0.25) is 0 Å². The van der Waals surface area contributed by atoms with E-state index in [1.807, 2.05) is 0 Å². The van der Waals surface area contributed by atoms with Gasteiger partial charge in [-0.2, -0.15) is 0 Å². The lowest BCUT2D eigenvalue weighted by Crippen LogP contribution is -1.99. The highest BCUT2D eigenvalue weighted by molar-refractivity contribution is 9.10. The van der Waals surface area contributed by atoms with Gasteiger partial charge in [0.15, 0.2) is 0 Å². The van der Waals surface area contributed by atoms with Crippen molar-refractivity contribution >= 4 is 31.9 Å². The molecule has 0 atom stereocenters. The van der Waals surface area contributed by atoms with Crippen molar-refractivity contribution in [3.63, 3.8) is 0 Å². The summed E-state index contributed by atoms with van der Waals surface area (Å²) in [7, 11) is 0. The van der Waals surface area contributed by atoms with Gasteiger partial charge in [0.1, 0.15) is 0 Å². The van der Waals surface area contributed by atoms with Gasteiger partial charge in [-0.25, -0.2) is 8.78 Å². The minimum absolute atomic E-state index is 0.0255. The van der Waals surface area contributed by atoms with Crippen molar-refractivity contribution in [2.45, 2.75) is 18.7 Å². The molecule has 1 heterocycles. The lowest BCUT2D eigenvalue weighted by molar-refractivity contribution is 0.149. The quantitative estimate of drug-likeness (QED) is 0.752. The Morgan fingerprint density at radius 3 is 2.62 bits per heavy atom. The molecule has 0 bridgehead atoms. The van der Waals surface area contributed by atoms with Crippen molar-refractivity contribution < 1.29 is 8.78 Å². The van der Waals surface area contributed by atoms with E-state index in [1.165, 1.54) is 0 Å². The van der Waals surface area contributed by atoms with E-state index in [4.69, 9.17) is 0 Å². The fraction of sp³-hybridized carbons (Fsp3) is 0.375. The van der Waals surface area contributed by atoms with E-state index < -0.39 is 6.43 Å². The number of rotatable bonds is 2. The average Bonchev–Trinajstić information content (AvgIpc) is 2.01. The zero-order valence-electron chi connectivity index (χ0n) is 6.82. The Hall–Kier alpha value is -0.0300. The first kappa shape index (κ1) is 11.0. The Labute approximate surface area is 91.8 Å². The summed E-state index contributed by atoms with van der Waals surface area (Å²) in [5, 5.41) is 0.340. The van der Waals surface area contributed by atoms with E-state index in [9.17, 15) is 8.78 Å². The number of hydrogen-bond donors (Lipinski definition) is 0. The van der Waals surface area contributed by atoms with Crippen LogP contribution in [0.5, 0.6) is 0 Å². The van der Waals surface area contributed by atoms with Gasteiger partial charge >= 0.3 is 0 Å². The Kier molecular flexibility index (Phi) is 3.79. The van der Waals surface area contributed by atoms with Crippen LogP contribution < -0.4 is 0 Å². The highest BCUT2D eigenvalue weighted by atomic mass is 79.9. The Bertz CT molecular complexity index is 315. The summed E-state index contributed by atoms with van der Waals surface area (Å²) in [6.45, 7) is 1.77. The molecule has 0 aromatic carbocycles. The molecule has 1 aromatic heterocycles. The largest absolute Gasteiger partial charge is 0.266 e. The number of nitrogens with zero attached hydrogens (tertiary/aromatic N) is 1. The predicted octanol–water partition coefficient (Wildman–Crippen LogP) is 3.99. The Morgan fingerprint density at radius 1 is 1.54 bits per heavy atom. The maximum atomic E-state index is 12.5. The summed E-state index contributed by atoms with van der Waals surface area (Å²) < 4.78 is 25.5. The second-order valence-corrected chi connectivity index (χ2v) is 3.96. The summed E-state index contributed by atoms with van der Waals surface area (Å²) in [4.78, 5) is 4.02. The van der Waals surface area contributed by atoms with E-state index in [-0.39, 0.29) is 5.56 Å². The van der Waals surface area contributed by atoms with Crippen molar-refractivity contribution in [3.05, 3.63) is 27.5 Å². The molecule has 0 saturated heterocycles. The van der Waals surface area contributed by atoms with Crippen LogP contribution in [0.4, 0.5) is 8.78 Å². The van der Waals surface area contributed by atoms with Crippen LogP contribution in [0.25, 0.3) is 0 Å². The van der Waals surface area contributed by atoms with Gasteiger partial charge in [0.05, 0.1) is 11.3 Å². The Morgan fingerprint density at radius 2 is 2.15 bits per heavy atom. The highest BCUT2D eigenvalue weighted by Crippen LogP contribution is 2.31. The summed E-state index contributed by atoms with van der Waals surface area (Å²) in [5.74, 6) is 0. The fourth-order valence-corrected chi connectivity index (χ4v) is 2.20. The van der Waals surface area contributed by atoms with Crippen molar-refractivity contribution in [3.8, 4) is 0 Å². The summed E-state index contributed by atoms with van der Waals surface area (Å²) >= 11 is 6.23. The second-order valence-electron chi connectivity index (χ2n) is 2.54. The van der Waals surface area contributed by atoms with E-state index in [0.29, 0.717) is 15.5 Å². The number of halogens is 4. The van der Waals surface area contributed by atoms with Crippen LogP contribution in [0.15, 0.2) is 10.5 Å². The van der Waals surface area contributed by atoms with Gasteiger partial charge in [-0.1, -0.05) is 31.9 Å². The van der Waals surface area contributed by atoms with Crippen LogP contribution in [0, 0.1) is 6.92 Å². The maximum Gasteiger partial charge on any atom is 0.266 e. The van der Waals surface area contributed by atoms with Crippen LogP contribution in [0.3, 0.4) is 0 Å². The van der Waals surface area contributed by atoms with E-state index in [0.717, 1.165) is 5.69 Å². The molecule has 0 radical (unpaired) electrons. The molecule has 0 aliphatic rings. The third-order valence-electron chi connectivity index (χ3n) is 1.56. The number of aromatic nitrogens is 1. The van der Waals surface area contributed by atoms with Gasteiger partial charge in [-0.3, -0.25) is 4.98 Å². The van der Waals surface area contributed by atoms with Crippen molar-refractivity contribution in [2.24, 2.45) is 0 Å². The molecular formula is C8H7Br2F2N. The molecule has 1 rings (SSSR count). The van der Waals surface area contributed by atoms with Gasteiger partial charge in [-0.05, 0) is 13.0 Å². The molecule has 13 heavy (non-hydrogen) atoms. The van der Waals surface area contributed by atoms with Crippen LogP contribution in [-0.2, 0) is 5.33 Å². The molecule has 0 N–H and O–H groups in total. The lowest BCUT2D eigenvalue weighted by atomic mass is 10.2. The number of aryl methyl sites for hydroxylation is 1. The third kappa shape index (κ3) is 2.47. The smallest absolute Gasteiger partial charge is 0.257 e. The van der Waals surface area contributed by atoms with E-state index in [2.05, 4.69) is 36.8 Å². The molecule has 1 aromatic rings. The van der Waals surface area contributed by atoms with Crippen molar-refractivity contribution in [2.75, 3.05) is 0 Å². The number of hydrogen-bond acceptors (Lipinski definition) is 1. The first-order chi connectivity index (χ1) is 6.06. The molecular weight excluding hydrogens is 308 g/mol. The molecule has 0 unspecified atom stereocenters. The van der Waals surface area contributed by atoms with Crippen molar-refractivity contribution in [1.82, 2.24) is 4.98 Å². The fourth-order valence-electron chi connectivity index (χ4n) is 1.04. The average molecular weight is 315 g/mol. The van der Waals surface area contributed by atoms with E-state index in [1.54, 1.807) is 13.0 Å². The molecule has 1 nitrogen and oxygen atoms in total. The Balaban J connectivity index is 3.30. The summed E-state index contributed by atoms with van der Waals surface area (Å²) in [6, 6.07) is 1.59. The third-order valence-corrected chi connectivity index (χ3v) is 2.75. The second kappa shape index (κ2) is 4.46. The van der Waals surface area contributed by atoms with Gasteiger partial charge in [0.2, 0.25) is 0 Å². The van der Waals surface area contributed by atoms with Gasteiger partial charge in [0, 0.05) is 15.5 Å². The minimum atomic E-state index is -2.49. The zero-order valence-corrected chi connectivity index (χ0v) is 9.99. The molecule has 0 amide bonds. The lowest BCUT2D eigenvalue weighted by Gasteiger charge is -2.08. The molecule has 0 aliphatic carbocycles. The van der Waals surface area contributed by atoms with Gasteiger partial charge < -0.3 is 0 Å². The first-order valence-corrected chi connectivity index (χ1v) is 5.47. The SMILES string of the molecule is Cc1cc(Br)c(C(F)F)c(CBr)n1. The van der Waals surface area contributed by atoms with Crippen LogP contribution in [-0.4, -0.2) is 4.98 Å². The molecule has 0 aliphatic heterocycles. The van der Waals surface area contributed by atoms with Crippen LogP contribution in [0.1, 0.15) is 23.4 Å². The normalized spacial score (nSPS) is 10.9. The molecule has 0 saturated carbocycles. The van der Waals surface area contributed by atoms with Gasteiger partial charge in [0.25, 0.3) is 6.43 Å². The van der Waals surface area contributed by atoms with E-state index >= 15 is 0 Å². The van der Waals surface area contributed by atoms with Crippen molar-refractivity contribution in [1.29, 1.82) is 0 Å². The topological polar surface area (TPSA) is 12.9 Å².